The van der Waals surface area contributed by atoms with Crippen LogP contribution in [-0.4, -0.2) is 115 Å². The van der Waals surface area contributed by atoms with Crippen molar-refractivity contribution < 1.29 is 95.4 Å². The van der Waals surface area contributed by atoms with E-state index in [9.17, 15) is 57.9 Å². The van der Waals surface area contributed by atoms with Crippen LogP contribution in [0.1, 0.15) is 105 Å². The largest absolute Gasteiger partial charge is 1.00 e. The van der Waals surface area contributed by atoms with Crippen LogP contribution >= 0.6 is 0 Å². The maximum atomic E-state index is 11.5. The molecule has 0 bridgehead atoms. The molecule has 0 spiro atoms. The molecule has 5 unspecified atom stereocenters. The molecule has 5 N–H and O–H groups in total. The van der Waals surface area contributed by atoms with E-state index < -0.39 is 73.2 Å². The van der Waals surface area contributed by atoms with Gasteiger partial charge in [0.05, 0.1) is 17.4 Å². The number of hydrogen-bond acceptors (Lipinski definition) is 9. The molecule has 0 aromatic carbocycles. The fraction of sp³-hybridized carbons (Fsp3) is 0.906. The van der Waals surface area contributed by atoms with Gasteiger partial charge in [-0.05, 0) is 65.2 Å². The van der Waals surface area contributed by atoms with Gasteiger partial charge in [-0.25, -0.2) is 0 Å². The molecule has 5 atom stereocenters. The van der Waals surface area contributed by atoms with Crippen molar-refractivity contribution in [2.24, 2.45) is 26.8 Å². The van der Waals surface area contributed by atoms with E-state index in [-0.39, 0.29) is 23.2 Å². The van der Waals surface area contributed by atoms with Crippen LogP contribution in [0.3, 0.4) is 0 Å². The molecule has 4 aliphatic rings. The number of rotatable bonds is 7. The number of aliphatic imine (C=N–C) groups is 3. The Morgan fingerprint density at radius 2 is 0.982 bits per heavy atom. The first-order valence-electron chi connectivity index (χ1n) is 17.3. The van der Waals surface area contributed by atoms with E-state index in [0.29, 0.717) is 11.8 Å². The third kappa shape index (κ3) is 15.2. The van der Waals surface area contributed by atoms with Gasteiger partial charge in [-0.15, -0.1) is 0 Å². The van der Waals surface area contributed by atoms with Gasteiger partial charge in [0, 0.05) is 18.7 Å². The second-order valence-corrected chi connectivity index (χ2v) is 14.7. The Kier molecular flexibility index (Phi) is 18.5. The number of aliphatic hydroxyl groups excluding tert-OH is 4. The zero-order valence-electron chi connectivity index (χ0n) is 30.3. The Morgan fingerprint density at radius 3 is 1.29 bits per heavy atom. The Bertz CT molecular complexity index is 1220. The maximum Gasteiger partial charge on any atom is 1.00 e. The minimum absolute atomic E-state index is 0. The summed E-state index contributed by atoms with van der Waals surface area (Å²) in [5.41, 5.74) is -0.390. The average molecular weight is 874 g/mol. The fourth-order valence-electron chi connectivity index (χ4n) is 6.29. The van der Waals surface area contributed by atoms with Crippen molar-refractivity contribution in [2.45, 2.75) is 171 Å². The average Bonchev–Trinajstić information content (AvgIpc) is 3.22. The van der Waals surface area contributed by atoms with E-state index >= 15 is 0 Å². The number of hydrogen-bond donors (Lipinski definition) is 5. The third-order valence-corrected chi connectivity index (χ3v) is 9.40. The SMILES string of the molecule is CC1(C)N=C(C2N=C(C3CCCCC3)N=C(C3CCCCC3)[N-]2)C(C)(C)N1O.OC(CC(O)C(F)(F)F)C(F)(F)F.OC(CC(O)C(F)(F)F)C(F)(F)F.[Cu+]. The first-order valence-corrected chi connectivity index (χ1v) is 17.3. The van der Waals surface area contributed by atoms with E-state index in [1.165, 1.54) is 69.3 Å². The van der Waals surface area contributed by atoms with Crippen molar-refractivity contribution in [1.29, 1.82) is 0 Å². The van der Waals surface area contributed by atoms with Gasteiger partial charge in [-0.1, -0.05) is 44.4 Å². The first kappa shape index (κ1) is 51.3. The van der Waals surface area contributed by atoms with Crippen LogP contribution in [0, 0.1) is 11.8 Å². The zero-order valence-corrected chi connectivity index (χ0v) is 31.3. The molecule has 326 valence electrons. The van der Waals surface area contributed by atoms with Crippen LogP contribution < -0.4 is 0 Å². The number of halogens is 12. The topological polar surface area (TPSA) is 156 Å². The number of aliphatic hydroxyl groups is 4. The van der Waals surface area contributed by atoms with E-state index in [4.69, 9.17) is 40.7 Å². The smallest absolute Gasteiger partial charge is 0.441 e. The van der Waals surface area contributed by atoms with Gasteiger partial charge in [-0.3, -0.25) is 9.98 Å². The zero-order chi connectivity index (χ0) is 41.7. The van der Waals surface area contributed by atoms with E-state index in [1.807, 2.05) is 27.7 Å². The molecule has 0 aromatic heterocycles. The molecule has 0 aromatic rings. The quantitative estimate of drug-likeness (QED) is 0.130. The molecule has 2 fully saturated rings. The summed E-state index contributed by atoms with van der Waals surface area (Å²) in [7, 11) is 0. The van der Waals surface area contributed by atoms with Gasteiger partial charge >= 0.3 is 41.8 Å². The Labute approximate surface area is 321 Å². The van der Waals surface area contributed by atoms with Crippen LogP contribution in [0.4, 0.5) is 52.7 Å². The minimum atomic E-state index is -5.15. The molecule has 2 heterocycles. The Morgan fingerprint density at radius 1 is 0.636 bits per heavy atom. The standard InChI is InChI=1S/C22H36N5O.2C5H6F6O2.Cu/c1-21(2)17(26-22(3,4)27(21)28)20-24-18(15-11-7-5-8-12-15)23-19(25-20)16-13-9-6-10-14-16;2*6-4(7,8)2(12)1-3(13)5(9,10)11;/h15-16,20,28H,5-14H2,1-4H3;2*2-3,12-13H,1H2;/q-1;;;+1. The van der Waals surface area contributed by atoms with Gasteiger partial charge in [0.1, 0.15) is 5.66 Å². The molecule has 0 amide bonds. The van der Waals surface area contributed by atoms with E-state index in [0.717, 1.165) is 17.4 Å². The molecule has 4 rings (SSSR count). The number of hydroxylamine groups is 2. The van der Waals surface area contributed by atoms with Crippen molar-refractivity contribution in [3.05, 3.63) is 5.32 Å². The molecular weight excluding hydrogens is 826 g/mol. The van der Waals surface area contributed by atoms with Crippen molar-refractivity contribution >= 4 is 17.4 Å². The third-order valence-electron chi connectivity index (χ3n) is 9.40. The van der Waals surface area contributed by atoms with Crippen LogP contribution in [0.5, 0.6) is 0 Å². The number of nitrogens with zero attached hydrogens (tertiary/aromatic N) is 5. The summed E-state index contributed by atoms with van der Waals surface area (Å²) in [6, 6.07) is 0. The summed E-state index contributed by atoms with van der Waals surface area (Å²) in [5, 5.41) is 49.6. The van der Waals surface area contributed by atoms with Gasteiger partial charge in [0.15, 0.2) is 24.4 Å². The summed E-state index contributed by atoms with van der Waals surface area (Å²) >= 11 is 0. The molecule has 23 heteroatoms. The molecule has 2 saturated carbocycles. The summed E-state index contributed by atoms with van der Waals surface area (Å²) in [4.78, 5) is 14.9. The van der Waals surface area contributed by atoms with Gasteiger partial charge in [0.25, 0.3) is 0 Å². The Hall–Kier alpha value is -1.75. The van der Waals surface area contributed by atoms with Crippen LogP contribution in [0.2, 0.25) is 0 Å². The second kappa shape index (κ2) is 19.8. The van der Waals surface area contributed by atoms with Crippen LogP contribution in [0.15, 0.2) is 15.0 Å². The predicted octanol–water partition coefficient (Wildman–Crippen LogP) is 7.76. The predicted molar refractivity (Wildman–Crippen MR) is 172 cm³/mol. The van der Waals surface area contributed by atoms with Crippen LogP contribution in [-0.2, 0) is 17.1 Å². The number of alkyl halides is 12. The summed E-state index contributed by atoms with van der Waals surface area (Å²) < 4.78 is 138. The van der Waals surface area contributed by atoms with Crippen molar-refractivity contribution in [2.75, 3.05) is 0 Å². The molecule has 2 aliphatic heterocycles. The summed E-state index contributed by atoms with van der Waals surface area (Å²) in [6.07, 6.45) is -24.7. The number of amidine groups is 2. The van der Waals surface area contributed by atoms with Gasteiger partial charge in [-0.2, -0.15) is 57.7 Å². The van der Waals surface area contributed by atoms with Gasteiger partial charge in [0.2, 0.25) is 0 Å². The maximum absolute atomic E-state index is 11.5. The monoisotopic (exact) mass is 873 g/mol. The van der Waals surface area contributed by atoms with E-state index in [1.54, 1.807) is 0 Å². The van der Waals surface area contributed by atoms with Crippen LogP contribution in [0.25, 0.3) is 5.32 Å². The minimum Gasteiger partial charge on any atom is -0.441 e. The molecular formula is C32H48CuF12N5O5. The van der Waals surface area contributed by atoms with Crippen molar-refractivity contribution in [1.82, 2.24) is 5.06 Å². The molecule has 55 heavy (non-hydrogen) atoms. The van der Waals surface area contributed by atoms with Crippen molar-refractivity contribution in [3.63, 3.8) is 0 Å². The molecule has 10 nitrogen and oxygen atoms in total. The van der Waals surface area contributed by atoms with E-state index in [2.05, 4.69) is 0 Å². The first-order chi connectivity index (χ1) is 24.4. The molecule has 2 aliphatic carbocycles. The van der Waals surface area contributed by atoms with Gasteiger partial charge < -0.3 is 35.9 Å². The fourth-order valence-corrected chi connectivity index (χ4v) is 6.29. The summed E-state index contributed by atoms with van der Waals surface area (Å²) in [5.74, 6) is 2.89. The Balaban J connectivity index is 0.000000473. The van der Waals surface area contributed by atoms with Crippen molar-refractivity contribution in [3.8, 4) is 0 Å². The normalized spacial score (nSPS) is 24.9. The summed E-state index contributed by atoms with van der Waals surface area (Å²) in [6.45, 7) is 7.90. The second-order valence-electron chi connectivity index (χ2n) is 14.7. The molecule has 0 saturated heterocycles. The molecule has 0 radical (unpaired) electrons.